The molecule has 0 aromatic carbocycles. The lowest BCUT2D eigenvalue weighted by atomic mass is 9.91. The maximum absolute atomic E-state index is 2.58. The quantitative estimate of drug-likeness (QED) is 0.411. The highest BCUT2D eigenvalue weighted by Gasteiger charge is 2.16. The Morgan fingerprint density at radius 3 is 2.43 bits per heavy atom. The molecule has 0 amide bonds. The summed E-state index contributed by atoms with van der Waals surface area (Å²) >= 11 is 2.48. The number of unbranched alkanes of at least 4 members (excludes halogenated alkanes) is 2. The molecule has 1 heterocycles. The van der Waals surface area contributed by atoms with Crippen LogP contribution in [0.4, 0.5) is 0 Å². The Bertz CT molecular complexity index is 130. The molecule has 0 aromatic rings. The Kier molecular flexibility index (Phi) is 7.21. The number of hydrogen-bond donors (Lipinski definition) is 0. The third-order valence-electron chi connectivity index (χ3n) is 3.40. The summed E-state index contributed by atoms with van der Waals surface area (Å²) in [5, 5.41) is 0. The van der Waals surface area contributed by atoms with Gasteiger partial charge in [0.15, 0.2) is 0 Å². The molecule has 0 radical (unpaired) electrons. The maximum atomic E-state index is 2.58. The van der Waals surface area contributed by atoms with Crippen LogP contribution in [-0.4, -0.2) is 29.0 Å². The van der Waals surface area contributed by atoms with Gasteiger partial charge < -0.3 is 4.90 Å². The molecular formula is C12H24IN. The molecule has 1 nitrogen and oxygen atoms in total. The first-order valence-corrected chi connectivity index (χ1v) is 7.67. The van der Waals surface area contributed by atoms with Gasteiger partial charge >= 0.3 is 0 Å². The van der Waals surface area contributed by atoms with Crippen LogP contribution < -0.4 is 0 Å². The van der Waals surface area contributed by atoms with Crippen LogP contribution in [0.2, 0.25) is 0 Å². The highest BCUT2D eigenvalue weighted by Crippen LogP contribution is 2.22. The summed E-state index contributed by atoms with van der Waals surface area (Å²) in [5.74, 6) is 1.05. The lowest BCUT2D eigenvalue weighted by Gasteiger charge is -2.30. The van der Waals surface area contributed by atoms with Crippen molar-refractivity contribution in [3.8, 4) is 0 Å². The maximum Gasteiger partial charge on any atom is -0.000473 e. The molecule has 1 aliphatic rings. The zero-order valence-electron chi connectivity index (χ0n) is 9.47. The van der Waals surface area contributed by atoms with Crippen molar-refractivity contribution in [2.45, 2.75) is 45.4 Å². The molecule has 0 bridgehead atoms. The van der Waals surface area contributed by atoms with E-state index in [4.69, 9.17) is 0 Å². The molecule has 0 atom stereocenters. The minimum atomic E-state index is 1.05. The van der Waals surface area contributed by atoms with Crippen molar-refractivity contribution in [2.75, 3.05) is 24.1 Å². The van der Waals surface area contributed by atoms with Gasteiger partial charge in [0, 0.05) is 0 Å². The van der Waals surface area contributed by atoms with Crippen molar-refractivity contribution in [1.82, 2.24) is 4.90 Å². The van der Waals surface area contributed by atoms with Crippen LogP contribution in [0.15, 0.2) is 0 Å². The molecule has 1 fully saturated rings. The van der Waals surface area contributed by atoms with Crippen molar-refractivity contribution in [3.05, 3.63) is 0 Å². The summed E-state index contributed by atoms with van der Waals surface area (Å²) in [6.07, 6.45) is 8.76. The summed E-state index contributed by atoms with van der Waals surface area (Å²) in [6, 6.07) is 0. The SMILES string of the molecule is CCN1CCC(CCCCCI)CC1. The second kappa shape index (κ2) is 7.91. The largest absolute Gasteiger partial charge is 0.304 e. The van der Waals surface area contributed by atoms with Gasteiger partial charge in [0.25, 0.3) is 0 Å². The van der Waals surface area contributed by atoms with Gasteiger partial charge in [-0.05, 0) is 49.2 Å². The van der Waals surface area contributed by atoms with E-state index in [-0.39, 0.29) is 0 Å². The van der Waals surface area contributed by atoms with Crippen LogP contribution in [0.5, 0.6) is 0 Å². The van der Waals surface area contributed by atoms with Crippen LogP contribution >= 0.6 is 22.6 Å². The van der Waals surface area contributed by atoms with E-state index >= 15 is 0 Å². The predicted molar refractivity (Wildman–Crippen MR) is 72.2 cm³/mol. The van der Waals surface area contributed by atoms with Gasteiger partial charge in [-0.2, -0.15) is 0 Å². The molecule has 0 saturated carbocycles. The molecular weight excluding hydrogens is 285 g/mol. The molecule has 0 spiro atoms. The predicted octanol–water partition coefficient (Wildman–Crippen LogP) is 3.71. The zero-order valence-corrected chi connectivity index (χ0v) is 11.6. The summed E-state index contributed by atoms with van der Waals surface area (Å²) < 4.78 is 1.34. The van der Waals surface area contributed by atoms with Gasteiger partial charge in [-0.3, -0.25) is 0 Å². The molecule has 2 heteroatoms. The molecule has 0 aliphatic carbocycles. The lowest BCUT2D eigenvalue weighted by Crippen LogP contribution is -2.33. The van der Waals surface area contributed by atoms with Gasteiger partial charge in [-0.25, -0.2) is 0 Å². The van der Waals surface area contributed by atoms with Crippen molar-refractivity contribution in [3.63, 3.8) is 0 Å². The van der Waals surface area contributed by atoms with E-state index in [1.165, 1.54) is 62.6 Å². The highest BCUT2D eigenvalue weighted by molar-refractivity contribution is 14.1. The minimum Gasteiger partial charge on any atom is -0.304 e. The van der Waals surface area contributed by atoms with E-state index in [9.17, 15) is 0 Å². The van der Waals surface area contributed by atoms with Gasteiger partial charge in [0.05, 0.1) is 0 Å². The third kappa shape index (κ3) is 4.96. The van der Waals surface area contributed by atoms with Gasteiger partial charge in [0.1, 0.15) is 0 Å². The standard InChI is InChI=1S/C12H24IN/c1-2-14-10-7-12(8-11-14)6-4-3-5-9-13/h12H,2-11H2,1H3. The third-order valence-corrected chi connectivity index (χ3v) is 4.16. The monoisotopic (exact) mass is 309 g/mol. The topological polar surface area (TPSA) is 3.24 Å². The van der Waals surface area contributed by atoms with Crippen molar-refractivity contribution in [2.24, 2.45) is 5.92 Å². The van der Waals surface area contributed by atoms with Crippen molar-refractivity contribution < 1.29 is 0 Å². The summed E-state index contributed by atoms with van der Waals surface area (Å²) in [7, 11) is 0. The van der Waals surface area contributed by atoms with E-state index in [0.717, 1.165) is 5.92 Å². The van der Waals surface area contributed by atoms with Gasteiger partial charge in [0.2, 0.25) is 0 Å². The van der Waals surface area contributed by atoms with E-state index in [1.807, 2.05) is 0 Å². The number of hydrogen-bond acceptors (Lipinski definition) is 1. The van der Waals surface area contributed by atoms with E-state index < -0.39 is 0 Å². The van der Waals surface area contributed by atoms with Crippen molar-refractivity contribution >= 4 is 22.6 Å². The number of piperidine rings is 1. The number of alkyl halides is 1. The molecule has 84 valence electrons. The van der Waals surface area contributed by atoms with E-state index in [0.29, 0.717) is 0 Å². The van der Waals surface area contributed by atoms with E-state index in [1.54, 1.807) is 0 Å². The molecule has 0 N–H and O–H groups in total. The molecule has 1 aliphatic heterocycles. The fourth-order valence-electron chi connectivity index (χ4n) is 2.30. The first-order valence-electron chi connectivity index (χ1n) is 6.15. The fraction of sp³-hybridized carbons (Fsp3) is 1.00. The normalized spacial score (nSPS) is 20.1. The summed E-state index contributed by atoms with van der Waals surface area (Å²) in [6.45, 7) is 6.24. The Morgan fingerprint density at radius 1 is 1.14 bits per heavy atom. The summed E-state index contributed by atoms with van der Waals surface area (Å²) in [5.41, 5.74) is 0. The Labute approximate surface area is 103 Å². The zero-order chi connectivity index (χ0) is 10.2. The molecule has 0 unspecified atom stereocenters. The van der Waals surface area contributed by atoms with Crippen LogP contribution in [0.3, 0.4) is 0 Å². The lowest BCUT2D eigenvalue weighted by molar-refractivity contribution is 0.185. The Morgan fingerprint density at radius 2 is 1.86 bits per heavy atom. The van der Waals surface area contributed by atoms with Crippen LogP contribution in [0.1, 0.15) is 45.4 Å². The first-order chi connectivity index (χ1) is 6.86. The number of nitrogens with zero attached hydrogens (tertiary/aromatic N) is 1. The second-order valence-corrected chi connectivity index (χ2v) is 5.49. The van der Waals surface area contributed by atoms with Gasteiger partial charge in [-0.15, -0.1) is 0 Å². The number of likely N-dealkylation sites (tertiary alicyclic amines) is 1. The smallest absolute Gasteiger partial charge is 0.000473 e. The van der Waals surface area contributed by atoms with Crippen molar-refractivity contribution in [1.29, 1.82) is 0 Å². The van der Waals surface area contributed by atoms with Crippen LogP contribution in [0.25, 0.3) is 0 Å². The number of halogens is 1. The highest BCUT2D eigenvalue weighted by atomic mass is 127. The fourth-order valence-corrected chi connectivity index (χ4v) is 2.83. The van der Waals surface area contributed by atoms with E-state index in [2.05, 4.69) is 34.4 Å². The Balaban J connectivity index is 1.98. The molecule has 14 heavy (non-hydrogen) atoms. The summed E-state index contributed by atoms with van der Waals surface area (Å²) in [4.78, 5) is 2.58. The van der Waals surface area contributed by atoms with Crippen LogP contribution in [-0.2, 0) is 0 Å². The Hall–Kier alpha value is 0.690. The molecule has 1 rings (SSSR count). The van der Waals surface area contributed by atoms with Gasteiger partial charge in [-0.1, -0.05) is 48.8 Å². The molecule has 0 aromatic heterocycles. The second-order valence-electron chi connectivity index (χ2n) is 4.42. The molecule has 1 saturated heterocycles. The average Bonchev–Trinajstić information content (AvgIpc) is 2.25. The number of rotatable bonds is 6. The average molecular weight is 309 g/mol. The first kappa shape index (κ1) is 12.8. The minimum absolute atomic E-state index is 1.05. The van der Waals surface area contributed by atoms with Crippen LogP contribution in [0, 0.1) is 5.92 Å².